The SMILES string of the molecule is Cn1cccc1/C=C1/C(=O)N(CC(=O)Nc2ccccc2)c2ccc(Cl)cc21. The second-order valence-electron chi connectivity index (χ2n) is 6.57. The Labute approximate surface area is 167 Å². The first-order valence-corrected chi connectivity index (χ1v) is 9.20. The predicted octanol–water partition coefficient (Wildman–Crippen LogP) is 4.20. The second kappa shape index (κ2) is 7.37. The number of amides is 2. The molecule has 1 N–H and O–H groups in total. The van der Waals surface area contributed by atoms with Gasteiger partial charge in [0.1, 0.15) is 6.54 Å². The number of halogens is 1. The third-order valence-corrected chi connectivity index (χ3v) is 4.89. The lowest BCUT2D eigenvalue weighted by molar-refractivity contribution is -0.118. The first-order valence-electron chi connectivity index (χ1n) is 8.82. The molecule has 4 rings (SSSR count). The Morgan fingerprint density at radius 2 is 1.89 bits per heavy atom. The van der Waals surface area contributed by atoms with Gasteiger partial charge in [-0.25, -0.2) is 0 Å². The summed E-state index contributed by atoms with van der Waals surface area (Å²) in [6.07, 6.45) is 3.74. The maximum atomic E-state index is 13.1. The fourth-order valence-electron chi connectivity index (χ4n) is 3.26. The minimum absolute atomic E-state index is 0.0766. The van der Waals surface area contributed by atoms with Crippen LogP contribution in [0.4, 0.5) is 11.4 Å². The third-order valence-electron chi connectivity index (χ3n) is 4.65. The van der Waals surface area contributed by atoms with Crippen molar-refractivity contribution in [2.45, 2.75) is 0 Å². The van der Waals surface area contributed by atoms with Crippen LogP contribution >= 0.6 is 11.6 Å². The molecule has 2 heterocycles. The molecule has 6 heteroatoms. The molecule has 0 atom stereocenters. The van der Waals surface area contributed by atoms with Gasteiger partial charge in [0, 0.05) is 35.2 Å². The zero-order valence-electron chi connectivity index (χ0n) is 15.2. The number of hydrogen-bond acceptors (Lipinski definition) is 2. The number of fused-ring (bicyclic) bond motifs is 1. The molecule has 1 aromatic heterocycles. The molecule has 2 amide bonds. The van der Waals surface area contributed by atoms with Crippen LogP contribution in [0, 0.1) is 0 Å². The highest BCUT2D eigenvalue weighted by Crippen LogP contribution is 2.39. The molecule has 0 unspecified atom stereocenters. The van der Waals surface area contributed by atoms with Gasteiger partial charge < -0.3 is 9.88 Å². The standard InChI is InChI=1S/C22H18ClN3O2/c1-25-11-5-8-17(25)13-19-18-12-15(23)9-10-20(18)26(22(19)28)14-21(27)24-16-6-3-2-4-7-16/h2-13H,14H2,1H3,(H,24,27)/b19-13+. The lowest BCUT2D eigenvalue weighted by Crippen LogP contribution is -2.35. The van der Waals surface area contributed by atoms with E-state index in [4.69, 9.17) is 11.6 Å². The van der Waals surface area contributed by atoms with Crippen molar-refractivity contribution in [1.29, 1.82) is 0 Å². The van der Waals surface area contributed by atoms with Gasteiger partial charge in [0.05, 0.1) is 11.3 Å². The van der Waals surface area contributed by atoms with E-state index < -0.39 is 0 Å². The molecule has 0 aliphatic carbocycles. The number of aromatic nitrogens is 1. The van der Waals surface area contributed by atoms with E-state index in [2.05, 4.69) is 5.32 Å². The summed E-state index contributed by atoms with van der Waals surface area (Å²) in [5.41, 5.74) is 3.51. The van der Waals surface area contributed by atoms with Gasteiger partial charge in [0.25, 0.3) is 5.91 Å². The minimum atomic E-state index is -0.263. The predicted molar refractivity (Wildman–Crippen MR) is 112 cm³/mol. The second-order valence-corrected chi connectivity index (χ2v) is 7.01. The van der Waals surface area contributed by atoms with Crippen molar-refractivity contribution in [1.82, 2.24) is 4.57 Å². The Balaban J connectivity index is 1.66. The maximum Gasteiger partial charge on any atom is 0.259 e. The summed E-state index contributed by atoms with van der Waals surface area (Å²) in [6.45, 7) is -0.0766. The number of para-hydroxylation sites is 1. The maximum absolute atomic E-state index is 13.1. The summed E-state index contributed by atoms with van der Waals surface area (Å²) < 4.78 is 1.93. The van der Waals surface area contributed by atoms with Crippen molar-refractivity contribution in [3.8, 4) is 0 Å². The van der Waals surface area contributed by atoms with Crippen LogP contribution in [0.25, 0.3) is 11.6 Å². The fraction of sp³-hybridized carbons (Fsp3) is 0.0909. The number of hydrogen-bond donors (Lipinski definition) is 1. The molecule has 0 spiro atoms. The first kappa shape index (κ1) is 18.1. The van der Waals surface area contributed by atoms with Crippen molar-refractivity contribution in [3.05, 3.63) is 83.1 Å². The molecular weight excluding hydrogens is 374 g/mol. The summed E-state index contributed by atoms with van der Waals surface area (Å²) in [5, 5.41) is 3.36. The highest BCUT2D eigenvalue weighted by atomic mass is 35.5. The van der Waals surface area contributed by atoms with Gasteiger partial charge in [-0.15, -0.1) is 0 Å². The topological polar surface area (TPSA) is 54.3 Å². The zero-order chi connectivity index (χ0) is 19.7. The number of aryl methyl sites for hydroxylation is 1. The smallest absolute Gasteiger partial charge is 0.259 e. The van der Waals surface area contributed by atoms with E-state index in [1.54, 1.807) is 30.3 Å². The summed E-state index contributed by atoms with van der Waals surface area (Å²) in [5.74, 6) is -0.484. The van der Waals surface area contributed by atoms with Crippen molar-refractivity contribution in [3.63, 3.8) is 0 Å². The molecule has 1 aliphatic heterocycles. The van der Waals surface area contributed by atoms with Gasteiger partial charge >= 0.3 is 0 Å². The molecule has 0 saturated heterocycles. The number of rotatable bonds is 4. The lowest BCUT2D eigenvalue weighted by atomic mass is 10.1. The van der Waals surface area contributed by atoms with Crippen LogP contribution in [0.3, 0.4) is 0 Å². The average molecular weight is 392 g/mol. The summed E-state index contributed by atoms with van der Waals surface area (Å²) in [4.78, 5) is 27.1. The molecule has 28 heavy (non-hydrogen) atoms. The molecule has 5 nitrogen and oxygen atoms in total. The molecule has 1 aliphatic rings. The molecule has 0 saturated carbocycles. The van der Waals surface area contributed by atoms with Crippen molar-refractivity contribution >= 4 is 46.4 Å². The van der Waals surface area contributed by atoms with E-state index >= 15 is 0 Å². The van der Waals surface area contributed by atoms with Gasteiger partial charge in [-0.2, -0.15) is 0 Å². The van der Waals surface area contributed by atoms with E-state index in [-0.39, 0.29) is 18.4 Å². The van der Waals surface area contributed by atoms with Gasteiger partial charge in [0.15, 0.2) is 0 Å². The summed E-state index contributed by atoms with van der Waals surface area (Å²) >= 11 is 6.17. The van der Waals surface area contributed by atoms with E-state index in [9.17, 15) is 9.59 Å². The summed E-state index contributed by atoms with van der Waals surface area (Å²) in [7, 11) is 1.91. The first-order chi connectivity index (χ1) is 13.5. The number of nitrogens with one attached hydrogen (secondary N) is 1. The molecule has 0 fully saturated rings. The normalized spacial score (nSPS) is 14.4. The van der Waals surface area contributed by atoms with Crippen LogP contribution in [0.15, 0.2) is 66.9 Å². The highest BCUT2D eigenvalue weighted by molar-refractivity contribution is 6.38. The fourth-order valence-corrected chi connectivity index (χ4v) is 3.44. The molecule has 140 valence electrons. The lowest BCUT2D eigenvalue weighted by Gasteiger charge is -2.16. The number of carbonyl (C=O) groups is 2. The largest absolute Gasteiger partial charge is 0.351 e. The monoisotopic (exact) mass is 391 g/mol. The van der Waals surface area contributed by atoms with Crippen LogP contribution in [0.2, 0.25) is 5.02 Å². The van der Waals surface area contributed by atoms with E-state index in [1.165, 1.54) is 4.90 Å². The van der Waals surface area contributed by atoms with Crippen LogP contribution in [-0.4, -0.2) is 22.9 Å². The van der Waals surface area contributed by atoms with Crippen molar-refractivity contribution < 1.29 is 9.59 Å². The van der Waals surface area contributed by atoms with Gasteiger partial charge in [0.2, 0.25) is 5.91 Å². The Bertz CT molecular complexity index is 1090. The van der Waals surface area contributed by atoms with E-state index in [0.29, 0.717) is 22.0 Å². The average Bonchev–Trinajstić information content (AvgIpc) is 3.19. The Morgan fingerprint density at radius 3 is 2.61 bits per heavy atom. The molecule has 2 aromatic carbocycles. The van der Waals surface area contributed by atoms with Gasteiger partial charge in [-0.1, -0.05) is 29.8 Å². The van der Waals surface area contributed by atoms with Crippen LogP contribution in [-0.2, 0) is 16.6 Å². The van der Waals surface area contributed by atoms with Gasteiger partial charge in [-0.3, -0.25) is 14.5 Å². The molecule has 0 radical (unpaired) electrons. The Hall–Kier alpha value is -3.31. The number of benzene rings is 2. The van der Waals surface area contributed by atoms with E-state index in [1.807, 2.05) is 54.2 Å². The Kier molecular flexibility index (Phi) is 4.75. The highest BCUT2D eigenvalue weighted by Gasteiger charge is 2.33. The van der Waals surface area contributed by atoms with E-state index in [0.717, 1.165) is 11.3 Å². The molecular formula is C22H18ClN3O2. The third kappa shape index (κ3) is 3.44. The zero-order valence-corrected chi connectivity index (χ0v) is 16.0. The molecule has 3 aromatic rings. The molecule has 0 bridgehead atoms. The number of nitrogens with zero attached hydrogens (tertiary/aromatic N) is 2. The minimum Gasteiger partial charge on any atom is -0.351 e. The van der Waals surface area contributed by atoms with Crippen LogP contribution in [0.5, 0.6) is 0 Å². The van der Waals surface area contributed by atoms with Crippen molar-refractivity contribution in [2.24, 2.45) is 7.05 Å². The quantitative estimate of drug-likeness (QED) is 0.677. The van der Waals surface area contributed by atoms with Crippen LogP contribution < -0.4 is 10.2 Å². The van der Waals surface area contributed by atoms with Gasteiger partial charge in [-0.05, 0) is 48.5 Å². The number of anilines is 2. The van der Waals surface area contributed by atoms with Crippen molar-refractivity contribution in [2.75, 3.05) is 16.8 Å². The van der Waals surface area contributed by atoms with Crippen LogP contribution in [0.1, 0.15) is 11.3 Å². The number of carbonyl (C=O) groups excluding carboxylic acids is 2. The Morgan fingerprint density at radius 1 is 1.11 bits per heavy atom. The summed E-state index contributed by atoms with van der Waals surface area (Å²) in [6, 6.07) is 18.3.